The quantitative estimate of drug-likeness (QED) is 0.848. The van der Waals surface area contributed by atoms with E-state index in [9.17, 15) is 9.59 Å². The lowest BCUT2D eigenvalue weighted by molar-refractivity contribution is -0.155. The molecule has 0 aliphatic carbocycles. The van der Waals surface area contributed by atoms with Crippen molar-refractivity contribution in [3.05, 3.63) is 16.6 Å². The predicted molar refractivity (Wildman–Crippen MR) is 78.4 cm³/mol. The van der Waals surface area contributed by atoms with Crippen LogP contribution in [-0.4, -0.2) is 22.5 Å². The minimum absolute atomic E-state index is 0.0804. The van der Waals surface area contributed by atoms with Gasteiger partial charge >= 0.3 is 5.97 Å². The molecule has 0 fully saturated rings. The standard InChI is InChI=1S/C14H22N2O3S/c1-13(2,3)19-11(18)7-6-10(17)16-14(4,5)12-15-8-9-20-12/h8-9H,6-7H2,1-5H3,(H,16,17). The maximum atomic E-state index is 11.9. The van der Waals surface area contributed by atoms with Crippen LogP contribution in [0.5, 0.6) is 0 Å². The van der Waals surface area contributed by atoms with Gasteiger partial charge in [0, 0.05) is 18.0 Å². The van der Waals surface area contributed by atoms with Crippen molar-refractivity contribution in [3.8, 4) is 0 Å². The molecule has 1 heterocycles. The first-order valence-electron chi connectivity index (χ1n) is 6.53. The van der Waals surface area contributed by atoms with Crippen molar-refractivity contribution >= 4 is 23.2 Å². The molecule has 6 heteroatoms. The average Bonchev–Trinajstić information content (AvgIpc) is 2.77. The van der Waals surface area contributed by atoms with Gasteiger partial charge in [-0.3, -0.25) is 9.59 Å². The van der Waals surface area contributed by atoms with Crippen molar-refractivity contribution in [2.75, 3.05) is 0 Å². The lowest BCUT2D eigenvalue weighted by Crippen LogP contribution is -2.41. The molecule has 1 aromatic rings. The summed E-state index contributed by atoms with van der Waals surface area (Å²) in [4.78, 5) is 27.6. The number of carbonyl (C=O) groups excluding carboxylic acids is 2. The molecule has 5 nitrogen and oxygen atoms in total. The number of amides is 1. The summed E-state index contributed by atoms with van der Waals surface area (Å²) in [6.45, 7) is 9.18. The van der Waals surface area contributed by atoms with Gasteiger partial charge in [-0.05, 0) is 34.6 Å². The number of nitrogens with one attached hydrogen (secondary N) is 1. The monoisotopic (exact) mass is 298 g/mol. The molecule has 0 unspecified atom stereocenters. The van der Waals surface area contributed by atoms with E-state index >= 15 is 0 Å². The molecule has 0 saturated heterocycles. The van der Waals surface area contributed by atoms with Crippen molar-refractivity contribution in [2.45, 2.75) is 58.6 Å². The third-order valence-electron chi connectivity index (χ3n) is 2.40. The van der Waals surface area contributed by atoms with Crippen LogP contribution < -0.4 is 5.32 Å². The van der Waals surface area contributed by atoms with E-state index in [2.05, 4.69) is 10.3 Å². The average molecular weight is 298 g/mol. The maximum absolute atomic E-state index is 11.9. The van der Waals surface area contributed by atoms with E-state index in [4.69, 9.17) is 4.74 Å². The van der Waals surface area contributed by atoms with E-state index < -0.39 is 11.1 Å². The van der Waals surface area contributed by atoms with E-state index in [-0.39, 0.29) is 24.7 Å². The Morgan fingerprint density at radius 3 is 2.40 bits per heavy atom. The molecule has 112 valence electrons. The Hall–Kier alpha value is -1.43. The van der Waals surface area contributed by atoms with Crippen LogP contribution in [0, 0.1) is 0 Å². The zero-order chi connectivity index (χ0) is 15.4. The smallest absolute Gasteiger partial charge is 0.306 e. The van der Waals surface area contributed by atoms with E-state index in [0.29, 0.717) is 0 Å². The summed E-state index contributed by atoms with van der Waals surface area (Å²) in [6.07, 6.45) is 1.90. The number of thiazole rings is 1. The van der Waals surface area contributed by atoms with Gasteiger partial charge in [0.15, 0.2) is 0 Å². The van der Waals surface area contributed by atoms with Crippen molar-refractivity contribution in [1.82, 2.24) is 10.3 Å². The molecule has 0 aromatic carbocycles. The Labute approximate surface area is 123 Å². The van der Waals surface area contributed by atoms with Gasteiger partial charge < -0.3 is 10.1 Å². The fourth-order valence-corrected chi connectivity index (χ4v) is 2.32. The molecular weight excluding hydrogens is 276 g/mol. The van der Waals surface area contributed by atoms with Crippen molar-refractivity contribution in [2.24, 2.45) is 0 Å². The normalized spacial score (nSPS) is 12.1. The zero-order valence-corrected chi connectivity index (χ0v) is 13.5. The number of hydrogen-bond donors (Lipinski definition) is 1. The van der Waals surface area contributed by atoms with Crippen LogP contribution in [-0.2, 0) is 19.9 Å². The first-order valence-corrected chi connectivity index (χ1v) is 7.41. The minimum Gasteiger partial charge on any atom is -0.460 e. The lowest BCUT2D eigenvalue weighted by atomic mass is 10.1. The van der Waals surface area contributed by atoms with Gasteiger partial charge in [0.1, 0.15) is 10.6 Å². The molecule has 1 aromatic heterocycles. The molecular formula is C14H22N2O3S. The van der Waals surface area contributed by atoms with Gasteiger partial charge in [0.05, 0.1) is 12.0 Å². The summed E-state index contributed by atoms with van der Waals surface area (Å²) in [6, 6.07) is 0. The topological polar surface area (TPSA) is 68.3 Å². The van der Waals surface area contributed by atoms with Crippen LogP contribution in [0.4, 0.5) is 0 Å². The Kier molecular flexibility index (Phi) is 5.28. The highest BCUT2D eigenvalue weighted by molar-refractivity contribution is 7.09. The third-order valence-corrected chi connectivity index (χ3v) is 3.49. The number of ether oxygens (including phenoxy) is 1. The molecule has 1 rings (SSSR count). The van der Waals surface area contributed by atoms with Crippen molar-refractivity contribution in [1.29, 1.82) is 0 Å². The molecule has 0 spiro atoms. The number of rotatable bonds is 5. The van der Waals surface area contributed by atoms with Gasteiger partial charge in [0.25, 0.3) is 0 Å². The SMILES string of the molecule is CC(C)(C)OC(=O)CCC(=O)NC(C)(C)c1nccs1. The molecule has 0 atom stereocenters. The van der Waals surface area contributed by atoms with Crippen LogP contribution in [0.15, 0.2) is 11.6 Å². The number of aromatic nitrogens is 1. The van der Waals surface area contributed by atoms with Gasteiger partial charge in [-0.15, -0.1) is 11.3 Å². The maximum Gasteiger partial charge on any atom is 0.306 e. The number of esters is 1. The van der Waals surface area contributed by atoms with Crippen LogP contribution in [0.2, 0.25) is 0 Å². The largest absolute Gasteiger partial charge is 0.460 e. The summed E-state index contributed by atoms with van der Waals surface area (Å²) in [5.74, 6) is -0.546. The predicted octanol–water partition coefficient (Wildman–Crippen LogP) is 2.62. The first-order chi connectivity index (χ1) is 9.10. The minimum atomic E-state index is -0.529. The number of carbonyl (C=O) groups is 2. The second-order valence-corrected chi connectivity index (χ2v) is 6.99. The van der Waals surface area contributed by atoms with Gasteiger partial charge in [-0.1, -0.05) is 0 Å². The molecule has 1 N–H and O–H groups in total. The molecule has 0 saturated carbocycles. The first kappa shape index (κ1) is 16.6. The summed E-state index contributed by atoms with van der Waals surface area (Å²) in [5, 5.41) is 5.58. The third kappa shape index (κ3) is 5.69. The van der Waals surface area contributed by atoms with Gasteiger partial charge in [-0.2, -0.15) is 0 Å². The van der Waals surface area contributed by atoms with Gasteiger partial charge in [-0.25, -0.2) is 4.98 Å². The van der Waals surface area contributed by atoms with E-state index in [0.717, 1.165) is 5.01 Å². The summed E-state index contributed by atoms with van der Waals surface area (Å²) >= 11 is 1.49. The fraction of sp³-hybridized carbons (Fsp3) is 0.643. The van der Waals surface area contributed by atoms with Crippen LogP contribution in [0.1, 0.15) is 52.5 Å². The Bertz CT molecular complexity index is 461. The fourth-order valence-electron chi connectivity index (χ4n) is 1.60. The lowest BCUT2D eigenvalue weighted by Gasteiger charge is -2.24. The second-order valence-electron chi connectivity index (χ2n) is 6.10. The molecule has 0 aliphatic heterocycles. The van der Waals surface area contributed by atoms with Crippen molar-refractivity contribution in [3.63, 3.8) is 0 Å². The van der Waals surface area contributed by atoms with Crippen molar-refractivity contribution < 1.29 is 14.3 Å². The Morgan fingerprint density at radius 2 is 1.90 bits per heavy atom. The van der Waals surface area contributed by atoms with Gasteiger partial charge in [0.2, 0.25) is 5.91 Å². The van der Waals surface area contributed by atoms with Crippen LogP contribution >= 0.6 is 11.3 Å². The summed E-state index contributed by atoms with van der Waals surface area (Å²) in [5.41, 5.74) is -1.05. The number of hydrogen-bond acceptors (Lipinski definition) is 5. The second kappa shape index (κ2) is 6.35. The Morgan fingerprint density at radius 1 is 1.25 bits per heavy atom. The van der Waals surface area contributed by atoms with Crippen LogP contribution in [0.25, 0.3) is 0 Å². The molecule has 20 heavy (non-hydrogen) atoms. The summed E-state index contributed by atoms with van der Waals surface area (Å²) in [7, 11) is 0. The molecule has 1 amide bonds. The number of nitrogens with zero attached hydrogens (tertiary/aromatic N) is 1. The summed E-state index contributed by atoms with van der Waals surface area (Å²) < 4.78 is 5.16. The zero-order valence-electron chi connectivity index (χ0n) is 12.6. The van der Waals surface area contributed by atoms with E-state index in [1.54, 1.807) is 27.0 Å². The Balaban J connectivity index is 2.43. The van der Waals surface area contributed by atoms with Crippen LogP contribution in [0.3, 0.4) is 0 Å². The highest BCUT2D eigenvalue weighted by Gasteiger charge is 2.26. The molecule has 0 radical (unpaired) electrons. The molecule has 0 aliphatic rings. The van der Waals surface area contributed by atoms with E-state index in [1.807, 2.05) is 19.2 Å². The van der Waals surface area contributed by atoms with E-state index in [1.165, 1.54) is 11.3 Å². The highest BCUT2D eigenvalue weighted by Crippen LogP contribution is 2.22. The molecule has 0 bridgehead atoms. The highest BCUT2D eigenvalue weighted by atomic mass is 32.1.